The van der Waals surface area contributed by atoms with Gasteiger partial charge in [-0.3, -0.25) is 14.5 Å². The standard InChI is InChI=1S/C30H32BrFN2O4Si/c1-20-28(39(2,3)32)27(14-15-35)38-30(20)25-17-22(31)12-13-26(25)33(29(30)37)18-21-8-7-11-24(16-21)34(19-36)23-9-5-4-6-10-23/h4-13,16-17,19-20,27-28,35H,14-15,18H2,1-3H3/t20-,27+,28-,30+/m0/s1. The molecule has 2 amide bonds. The molecule has 0 unspecified atom stereocenters. The minimum atomic E-state index is -3.26. The summed E-state index contributed by atoms with van der Waals surface area (Å²) in [4.78, 5) is 29.6. The Balaban J connectivity index is 1.54. The molecular weight excluding hydrogens is 579 g/mol. The summed E-state index contributed by atoms with van der Waals surface area (Å²) in [6.07, 6.45) is 0.495. The maximum Gasteiger partial charge on any atom is 0.264 e. The Morgan fingerprint density at radius 2 is 1.82 bits per heavy atom. The highest BCUT2D eigenvalue weighted by Gasteiger charge is 2.66. The first-order valence-corrected chi connectivity index (χ1v) is 16.8. The van der Waals surface area contributed by atoms with Gasteiger partial charge >= 0.3 is 0 Å². The molecule has 5 rings (SSSR count). The number of amides is 2. The molecule has 3 aromatic rings. The van der Waals surface area contributed by atoms with E-state index in [1.807, 2.05) is 79.7 Å². The van der Waals surface area contributed by atoms with Crippen LogP contribution in [0.25, 0.3) is 0 Å². The number of aliphatic hydroxyl groups is 1. The van der Waals surface area contributed by atoms with Gasteiger partial charge in [0.05, 0.1) is 18.3 Å². The van der Waals surface area contributed by atoms with Crippen molar-refractivity contribution in [3.05, 3.63) is 88.4 Å². The van der Waals surface area contributed by atoms with Crippen LogP contribution in [0.3, 0.4) is 0 Å². The summed E-state index contributed by atoms with van der Waals surface area (Å²) in [7, 11) is -3.26. The lowest BCUT2D eigenvalue weighted by molar-refractivity contribution is -0.146. The van der Waals surface area contributed by atoms with Crippen LogP contribution in [-0.2, 0) is 26.5 Å². The van der Waals surface area contributed by atoms with E-state index in [0.717, 1.165) is 27.8 Å². The molecule has 1 N–H and O–H groups in total. The van der Waals surface area contributed by atoms with Gasteiger partial charge in [-0.1, -0.05) is 53.2 Å². The zero-order chi connectivity index (χ0) is 27.9. The lowest BCUT2D eigenvalue weighted by Crippen LogP contribution is -2.45. The van der Waals surface area contributed by atoms with Crippen LogP contribution in [0.15, 0.2) is 77.3 Å². The molecule has 1 spiro atoms. The van der Waals surface area contributed by atoms with Gasteiger partial charge < -0.3 is 18.9 Å². The minimum absolute atomic E-state index is 0.140. The summed E-state index contributed by atoms with van der Waals surface area (Å²) < 4.78 is 23.1. The van der Waals surface area contributed by atoms with E-state index >= 15 is 4.11 Å². The molecule has 2 aliphatic heterocycles. The molecule has 39 heavy (non-hydrogen) atoms. The number of hydrogen-bond donors (Lipinski definition) is 1. The van der Waals surface area contributed by atoms with E-state index in [-0.39, 0.29) is 25.5 Å². The molecule has 0 aromatic heterocycles. The van der Waals surface area contributed by atoms with E-state index in [9.17, 15) is 14.7 Å². The van der Waals surface area contributed by atoms with Gasteiger partial charge in [0.1, 0.15) is 0 Å². The quantitative estimate of drug-likeness (QED) is 0.181. The van der Waals surface area contributed by atoms with Crippen LogP contribution in [0, 0.1) is 5.92 Å². The molecule has 1 fully saturated rings. The predicted octanol–water partition coefficient (Wildman–Crippen LogP) is 6.45. The summed E-state index contributed by atoms with van der Waals surface area (Å²) in [5.41, 5.74) is 1.91. The highest BCUT2D eigenvalue weighted by molar-refractivity contribution is 9.10. The van der Waals surface area contributed by atoms with Crippen LogP contribution in [0.1, 0.15) is 24.5 Å². The summed E-state index contributed by atoms with van der Waals surface area (Å²) in [5, 5.41) is 9.73. The number of rotatable bonds is 8. The van der Waals surface area contributed by atoms with E-state index in [1.54, 1.807) is 22.9 Å². The van der Waals surface area contributed by atoms with Gasteiger partial charge in [0.2, 0.25) is 14.8 Å². The monoisotopic (exact) mass is 610 g/mol. The van der Waals surface area contributed by atoms with Gasteiger partial charge in [-0.25, -0.2) is 0 Å². The Bertz CT molecular complexity index is 1380. The SMILES string of the molecule is C[C@H]1[C@H]([Si](C)(C)F)[C@@H](CCO)O[C@]12C(=O)N(Cc1cccc(N(C=O)c3ccccc3)c1)c1ccc(Br)cc12. The van der Waals surface area contributed by atoms with Gasteiger partial charge in [0.25, 0.3) is 5.91 Å². The number of fused-ring (bicyclic) bond motifs is 2. The molecule has 0 saturated carbocycles. The lowest BCUT2D eigenvalue weighted by Gasteiger charge is -2.31. The lowest BCUT2D eigenvalue weighted by atomic mass is 9.82. The van der Waals surface area contributed by atoms with Crippen molar-refractivity contribution in [2.75, 3.05) is 16.4 Å². The average Bonchev–Trinajstić information content (AvgIpc) is 3.32. The van der Waals surface area contributed by atoms with Crippen molar-refractivity contribution < 1.29 is 23.5 Å². The molecule has 2 aliphatic rings. The molecule has 4 atom stereocenters. The van der Waals surface area contributed by atoms with Crippen LogP contribution in [-0.4, -0.2) is 38.5 Å². The van der Waals surface area contributed by atoms with Crippen molar-refractivity contribution in [2.24, 2.45) is 5.92 Å². The largest absolute Gasteiger partial charge is 0.396 e. The third-order valence-electron chi connectivity index (χ3n) is 8.01. The zero-order valence-electron chi connectivity index (χ0n) is 22.2. The highest BCUT2D eigenvalue weighted by Crippen LogP contribution is 2.60. The third kappa shape index (κ3) is 4.75. The Morgan fingerprint density at radius 1 is 1.10 bits per heavy atom. The van der Waals surface area contributed by atoms with Crippen molar-refractivity contribution in [2.45, 2.75) is 50.2 Å². The summed E-state index contributed by atoms with van der Waals surface area (Å²) >= 11 is 3.55. The van der Waals surface area contributed by atoms with Crippen molar-refractivity contribution in [3.8, 4) is 0 Å². The second-order valence-corrected chi connectivity index (χ2v) is 15.5. The maximum absolute atomic E-state index is 15.7. The van der Waals surface area contributed by atoms with E-state index in [2.05, 4.69) is 15.9 Å². The molecule has 0 radical (unpaired) electrons. The van der Waals surface area contributed by atoms with Crippen molar-refractivity contribution in [1.82, 2.24) is 0 Å². The molecular formula is C30H32BrFN2O4Si. The number of carbonyl (C=O) groups excluding carboxylic acids is 2. The first-order chi connectivity index (χ1) is 18.6. The van der Waals surface area contributed by atoms with Crippen LogP contribution in [0.4, 0.5) is 21.2 Å². The molecule has 204 valence electrons. The number of para-hydroxylation sites is 1. The first-order valence-electron chi connectivity index (χ1n) is 13.1. The Labute approximate surface area is 237 Å². The number of carbonyl (C=O) groups is 2. The normalized spacial score (nSPS) is 24.3. The molecule has 6 nitrogen and oxygen atoms in total. The van der Waals surface area contributed by atoms with Crippen LogP contribution in [0.2, 0.25) is 18.6 Å². The molecule has 3 aromatic carbocycles. The highest BCUT2D eigenvalue weighted by atomic mass is 79.9. The zero-order valence-corrected chi connectivity index (χ0v) is 24.8. The Morgan fingerprint density at radius 3 is 2.49 bits per heavy atom. The molecule has 2 heterocycles. The average molecular weight is 612 g/mol. The summed E-state index contributed by atoms with van der Waals surface area (Å²) in [6, 6.07) is 22.5. The molecule has 1 saturated heterocycles. The third-order valence-corrected chi connectivity index (χ3v) is 11.0. The summed E-state index contributed by atoms with van der Waals surface area (Å²) in [6.45, 7) is 5.32. The number of halogens is 2. The predicted molar refractivity (Wildman–Crippen MR) is 156 cm³/mol. The van der Waals surface area contributed by atoms with Crippen molar-refractivity contribution >= 4 is 53.7 Å². The fourth-order valence-corrected chi connectivity index (χ4v) is 9.32. The van der Waals surface area contributed by atoms with E-state index in [4.69, 9.17) is 4.74 Å². The van der Waals surface area contributed by atoms with E-state index in [0.29, 0.717) is 11.3 Å². The number of ether oxygens (including phenoxy) is 1. The van der Waals surface area contributed by atoms with Gasteiger partial charge in [0.15, 0.2) is 5.60 Å². The Hall–Kier alpha value is -2.85. The van der Waals surface area contributed by atoms with Gasteiger partial charge in [-0.15, -0.1) is 0 Å². The second kappa shape index (κ2) is 10.6. The maximum atomic E-state index is 15.7. The second-order valence-electron chi connectivity index (χ2n) is 10.8. The molecule has 0 bridgehead atoms. The van der Waals surface area contributed by atoms with Crippen LogP contribution in [0.5, 0.6) is 0 Å². The van der Waals surface area contributed by atoms with E-state index in [1.165, 1.54) is 0 Å². The smallest absolute Gasteiger partial charge is 0.264 e. The number of anilines is 3. The van der Waals surface area contributed by atoms with E-state index < -0.39 is 31.6 Å². The fraction of sp³-hybridized carbons (Fsp3) is 0.333. The Kier molecular flexibility index (Phi) is 7.54. The number of aliphatic hydroxyl groups excluding tert-OH is 1. The minimum Gasteiger partial charge on any atom is -0.396 e. The van der Waals surface area contributed by atoms with Crippen LogP contribution < -0.4 is 9.80 Å². The number of nitrogens with zero attached hydrogens (tertiary/aromatic N) is 2. The van der Waals surface area contributed by atoms with Gasteiger partial charge in [-0.2, -0.15) is 0 Å². The molecule has 0 aliphatic carbocycles. The fourth-order valence-electron chi connectivity index (χ4n) is 6.42. The topological polar surface area (TPSA) is 70.1 Å². The summed E-state index contributed by atoms with van der Waals surface area (Å²) in [5.74, 6) is -0.645. The number of hydrogen-bond acceptors (Lipinski definition) is 4. The number of benzene rings is 3. The van der Waals surface area contributed by atoms with Crippen LogP contribution >= 0.6 is 15.9 Å². The van der Waals surface area contributed by atoms with Crippen molar-refractivity contribution in [1.29, 1.82) is 0 Å². The van der Waals surface area contributed by atoms with Gasteiger partial charge in [-0.05, 0) is 67.5 Å². The first kappa shape index (κ1) is 27.7. The van der Waals surface area contributed by atoms with Gasteiger partial charge in [0, 0.05) is 39.5 Å². The van der Waals surface area contributed by atoms with Crippen molar-refractivity contribution in [3.63, 3.8) is 0 Å². The molecule has 9 heteroatoms.